The lowest BCUT2D eigenvalue weighted by Crippen LogP contribution is -2.88. The van der Waals surface area contributed by atoms with Crippen molar-refractivity contribution in [2.75, 3.05) is 11.9 Å². The summed E-state index contributed by atoms with van der Waals surface area (Å²) in [6.07, 6.45) is 0. The van der Waals surface area contributed by atoms with Gasteiger partial charge in [-0.05, 0) is 11.4 Å². The van der Waals surface area contributed by atoms with Gasteiger partial charge in [0, 0.05) is 11.5 Å². The fourth-order valence-electron chi connectivity index (χ4n) is 2.48. The molecule has 0 unspecified atom stereocenters. The molecule has 0 fully saturated rings. The van der Waals surface area contributed by atoms with Gasteiger partial charge in [0.25, 0.3) is 11.8 Å². The second-order valence-electron chi connectivity index (χ2n) is 5.70. The molecule has 2 amide bonds. The van der Waals surface area contributed by atoms with Crippen molar-refractivity contribution in [3.63, 3.8) is 0 Å². The molecular formula is C17H22N3O2S+. The van der Waals surface area contributed by atoms with E-state index in [9.17, 15) is 9.59 Å². The van der Waals surface area contributed by atoms with E-state index in [2.05, 4.69) is 31.3 Å². The van der Waals surface area contributed by atoms with Crippen LogP contribution in [0.15, 0.2) is 41.8 Å². The van der Waals surface area contributed by atoms with Gasteiger partial charge in [0.1, 0.15) is 11.0 Å². The smallest absolute Gasteiger partial charge is 0.280 e. The van der Waals surface area contributed by atoms with Gasteiger partial charge in [0.2, 0.25) is 0 Å². The number of rotatable bonds is 7. The number of thiophene rings is 1. The van der Waals surface area contributed by atoms with Gasteiger partial charge in [0.15, 0.2) is 6.54 Å². The van der Waals surface area contributed by atoms with Gasteiger partial charge in [-0.25, -0.2) is 0 Å². The maximum Gasteiger partial charge on any atom is 0.280 e. The molecule has 5 nitrogen and oxygen atoms in total. The van der Waals surface area contributed by atoms with Crippen LogP contribution in [0.3, 0.4) is 0 Å². The first kappa shape index (κ1) is 17.2. The number of carbonyl (C=O) groups excluding carboxylic acids is 2. The maximum absolute atomic E-state index is 12.2. The van der Waals surface area contributed by atoms with E-state index in [-0.39, 0.29) is 18.5 Å². The molecule has 6 heteroatoms. The number of carbonyl (C=O) groups is 2. The van der Waals surface area contributed by atoms with Crippen LogP contribution in [0.4, 0.5) is 5.00 Å². The molecule has 0 aliphatic heterocycles. The van der Waals surface area contributed by atoms with E-state index >= 15 is 0 Å². The van der Waals surface area contributed by atoms with Crippen LogP contribution >= 0.6 is 11.3 Å². The van der Waals surface area contributed by atoms with Crippen molar-refractivity contribution in [2.24, 2.45) is 11.7 Å². The van der Waals surface area contributed by atoms with E-state index in [1.54, 1.807) is 11.4 Å². The molecule has 0 spiro atoms. The van der Waals surface area contributed by atoms with Crippen LogP contribution in [0.2, 0.25) is 0 Å². The lowest BCUT2D eigenvalue weighted by molar-refractivity contribution is -0.692. The van der Waals surface area contributed by atoms with Crippen LogP contribution in [0.1, 0.15) is 35.8 Å². The number of benzene rings is 1. The van der Waals surface area contributed by atoms with Gasteiger partial charge in [0.05, 0.1) is 5.56 Å². The fourth-order valence-corrected chi connectivity index (χ4v) is 3.29. The van der Waals surface area contributed by atoms with E-state index in [0.717, 1.165) is 0 Å². The van der Waals surface area contributed by atoms with Crippen molar-refractivity contribution in [1.82, 2.24) is 0 Å². The number of nitrogens with one attached hydrogen (secondary N) is 1. The molecule has 1 heterocycles. The number of anilines is 1. The zero-order valence-corrected chi connectivity index (χ0v) is 14.1. The minimum atomic E-state index is -0.533. The highest BCUT2D eigenvalue weighted by Crippen LogP contribution is 2.22. The summed E-state index contributed by atoms with van der Waals surface area (Å²) in [6, 6.07) is 12.0. The molecule has 0 bridgehead atoms. The Balaban J connectivity index is 1.97. The SMILES string of the molecule is CC(C)[C@@H]([NH2+]CC(=O)Nc1sccc1C(N)=O)c1ccccc1. The second kappa shape index (κ2) is 7.89. The molecule has 0 saturated carbocycles. The van der Waals surface area contributed by atoms with Crippen LogP contribution in [0.5, 0.6) is 0 Å². The third-order valence-corrected chi connectivity index (χ3v) is 4.47. The lowest BCUT2D eigenvalue weighted by atomic mass is 9.96. The average Bonchev–Trinajstić information content (AvgIpc) is 2.96. The van der Waals surface area contributed by atoms with Crippen LogP contribution in [0, 0.1) is 5.92 Å². The minimum absolute atomic E-state index is 0.142. The van der Waals surface area contributed by atoms with Crippen molar-refractivity contribution >= 4 is 28.2 Å². The molecule has 0 aliphatic carbocycles. The number of nitrogens with two attached hydrogens (primary N) is 2. The molecule has 23 heavy (non-hydrogen) atoms. The molecule has 0 saturated heterocycles. The van der Waals surface area contributed by atoms with Crippen LogP contribution < -0.4 is 16.4 Å². The normalized spacial score (nSPS) is 12.1. The van der Waals surface area contributed by atoms with Gasteiger partial charge in [-0.1, -0.05) is 44.2 Å². The van der Waals surface area contributed by atoms with E-state index in [0.29, 0.717) is 16.5 Å². The Morgan fingerprint density at radius 3 is 2.52 bits per heavy atom. The monoisotopic (exact) mass is 332 g/mol. The Hall–Kier alpha value is -2.18. The highest BCUT2D eigenvalue weighted by atomic mass is 32.1. The summed E-state index contributed by atoms with van der Waals surface area (Å²) in [5.74, 6) is -0.278. The third kappa shape index (κ3) is 4.64. The average molecular weight is 332 g/mol. The summed E-state index contributed by atoms with van der Waals surface area (Å²) in [4.78, 5) is 23.4. The Labute approximate surface area is 139 Å². The van der Waals surface area contributed by atoms with Gasteiger partial charge in [-0.15, -0.1) is 11.3 Å². The molecule has 2 aromatic rings. The standard InChI is InChI=1S/C17H21N3O2S/c1-11(2)15(12-6-4-3-5-7-12)19-10-14(21)20-17-13(16(18)22)8-9-23-17/h3-9,11,15,19H,10H2,1-2H3,(H2,18,22)(H,20,21)/p+1/t15-/m1/s1. The van der Waals surface area contributed by atoms with Gasteiger partial charge < -0.3 is 16.4 Å². The zero-order valence-electron chi connectivity index (χ0n) is 13.3. The lowest BCUT2D eigenvalue weighted by Gasteiger charge is -2.19. The van der Waals surface area contributed by atoms with Crippen molar-refractivity contribution in [1.29, 1.82) is 0 Å². The molecule has 1 atom stereocenters. The summed E-state index contributed by atoms with van der Waals surface area (Å²) < 4.78 is 0. The van der Waals surface area contributed by atoms with E-state index < -0.39 is 5.91 Å². The van der Waals surface area contributed by atoms with Gasteiger partial charge in [-0.2, -0.15) is 0 Å². The zero-order chi connectivity index (χ0) is 16.8. The Morgan fingerprint density at radius 2 is 1.91 bits per heavy atom. The predicted octanol–water partition coefficient (Wildman–Crippen LogP) is 1.75. The topological polar surface area (TPSA) is 88.8 Å². The minimum Gasteiger partial charge on any atom is -0.366 e. The Kier molecular flexibility index (Phi) is 5.90. The molecule has 1 aromatic heterocycles. The van der Waals surface area contributed by atoms with Crippen molar-refractivity contribution < 1.29 is 14.9 Å². The first-order valence-electron chi connectivity index (χ1n) is 7.54. The van der Waals surface area contributed by atoms with Gasteiger partial charge >= 0.3 is 0 Å². The first-order valence-corrected chi connectivity index (χ1v) is 8.42. The highest BCUT2D eigenvalue weighted by molar-refractivity contribution is 7.14. The van der Waals surface area contributed by atoms with E-state index in [4.69, 9.17) is 5.73 Å². The Morgan fingerprint density at radius 1 is 1.22 bits per heavy atom. The second-order valence-corrected chi connectivity index (χ2v) is 6.61. The quantitative estimate of drug-likeness (QED) is 0.721. The van der Waals surface area contributed by atoms with Crippen LogP contribution in [-0.2, 0) is 4.79 Å². The summed E-state index contributed by atoms with van der Waals surface area (Å²) >= 11 is 1.30. The molecular weight excluding hydrogens is 310 g/mol. The number of amides is 2. The maximum atomic E-state index is 12.2. The summed E-state index contributed by atoms with van der Waals surface area (Å²) in [6.45, 7) is 4.56. The highest BCUT2D eigenvalue weighted by Gasteiger charge is 2.21. The molecule has 5 N–H and O–H groups in total. The molecule has 0 radical (unpaired) electrons. The van der Waals surface area contributed by atoms with Gasteiger partial charge in [-0.3, -0.25) is 9.59 Å². The van der Waals surface area contributed by atoms with Crippen molar-refractivity contribution in [2.45, 2.75) is 19.9 Å². The number of primary amides is 1. The number of hydrogen-bond donors (Lipinski definition) is 3. The first-order chi connectivity index (χ1) is 11.0. The molecule has 122 valence electrons. The summed E-state index contributed by atoms with van der Waals surface area (Å²) in [5, 5.41) is 7.03. The van der Waals surface area contributed by atoms with Crippen molar-refractivity contribution in [3.8, 4) is 0 Å². The predicted molar refractivity (Wildman–Crippen MR) is 92.3 cm³/mol. The third-order valence-electron chi connectivity index (χ3n) is 3.64. The molecule has 2 rings (SSSR count). The Bertz CT molecular complexity index is 667. The number of quaternary nitrogens is 1. The number of hydrogen-bond acceptors (Lipinski definition) is 3. The molecule has 0 aliphatic rings. The van der Waals surface area contributed by atoms with Crippen molar-refractivity contribution in [3.05, 3.63) is 52.9 Å². The largest absolute Gasteiger partial charge is 0.366 e. The van der Waals surface area contributed by atoms with Crippen LogP contribution in [0.25, 0.3) is 0 Å². The van der Waals surface area contributed by atoms with Crippen LogP contribution in [-0.4, -0.2) is 18.4 Å². The summed E-state index contributed by atoms with van der Waals surface area (Å²) in [7, 11) is 0. The fraction of sp³-hybridized carbons (Fsp3) is 0.294. The van der Waals surface area contributed by atoms with E-state index in [1.165, 1.54) is 16.9 Å². The van der Waals surface area contributed by atoms with E-state index in [1.807, 2.05) is 23.5 Å². The summed E-state index contributed by atoms with van der Waals surface area (Å²) in [5.41, 5.74) is 6.83. The molecule has 1 aromatic carbocycles.